The van der Waals surface area contributed by atoms with Gasteiger partial charge in [0.05, 0.1) is 58.4 Å². The van der Waals surface area contributed by atoms with E-state index < -0.39 is 0 Å². The lowest BCUT2D eigenvalue weighted by Gasteiger charge is -2.12. The molecule has 0 saturated heterocycles. The number of halogens is 1. The standard InChI is InChI=1S/C22H21ClN6O2/c23-17-7-20-21(8-19(17)24-10-13-4-5-13)26-18(9-22(31)27-20)14-2-1-3-15(6-14)29-16(12-30)11-25-28-29/h1-3,6-8,11,13,24,30H,4-5,9-10,12H2,(H,27,31). The zero-order valence-corrected chi connectivity index (χ0v) is 17.4. The first-order valence-electron chi connectivity index (χ1n) is 10.2. The number of aliphatic hydroxyl groups is 1. The number of carbonyl (C=O) groups excluding carboxylic acids is 1. The lowest BCUT2D eigenvalue weighted by atomic mass is 10.1. The van der Waals surface area contributed by atoms with Gasteiger partial charge in [0.25, 0.3) is 0 Å². The molecule has 1 aromatic heterocycles. The predicted molar refractivity (Wildman–Crippen MR) is 119 cm³/mol. The van der Waals surface area contributed by atoms with E-state index in [-0.39, 0.29) is 18.9 Å². The third kappa shape index (κ3) is 4.17. The maximum atomic E-state index is 12.6. The van der Waals surface area contributed by atoms with E-state index in [1.165, 1.54) is 19.0 Å². The molecular weight excluding hydrogens is 416 g/mol. The summed E-state index contributed by atoms with van der Waals surface area (Å²) in [4.78, 5) is 17.4. The minimum Gasteiger partial charge on any atom is -0.390 e. The SMILES string of the molecule is O=C1CC(c2cccc(-n3nncc3CO)c2)=Nc2cc(NCC3CC3)c(Cl)cc2N1. The zero-order chi connectivity index (χ0) is 21.4. The molecule has 2 heterocycles. The Balaban J connectivity index is 1.52. The molecule has 1 aliphatic heterocycles. The largest absolute Gasteiger partial charge is 0.390 e. The summed E-state index contributed by atoms with van der Waals surface area (Å²) >= 11 is 6.43. The Morgan fingerprint density at radius 2 is 2.13 bits per heavy atom. The van der Waals surface area contributed by atoms with E-state index in [1.54, 1.807) is 10.7 Å². The van der Waals surface area contributed by atoms with Crippen molar-refractivity contribution in [2.45, 2.75) is 25.9 Å². The number of fused-ring (bicyclic) bond motifs is 1. The molecule has 5 rings (SSSR count). The molecule has 2 aliphatic rings. The van der Waals surface area contributed by atoms with E-state index in [9.17, 15) is 9.90 Å². The van der Waals surface area contributed by atoms with Crippen LogP contribution in [-0.2, 0) is 11.4 Å². The highest BCUT2D eigenvalue weighted by Crippen LogP contribution is 2.38. The first-order valence-corrected chi connectivity index (χ1v) is 10.5. The summed E-state index contributed by atoms with van der Waals surface area (Å²) in [5, 5.41) is 24.3. The number of hydrogen-bond acceptors (Lipinski definition) is 6. The summed E-state index contributed by atoms with van der Waals surface area (Å²) in [6, 6.07) is 11.1. The summed E-state index contributed by atoms with van der Waals surface area (Å²) in [6.07, 6.45) is 4.13. The predicted octanol–water partition coefficient (Wildman–Crippen LogP) is 3.70. The van der Waals surface area contributed by atoms with Crippen molar-refractivity contribution < 1.29 is 9.90 Å². The summed E-state index contributed by atoms with van der Waals surface area (Å²) in [6.45, 7) is 0.708. The number of amides is 1. The minimum absolute atomic E-state index is 0.130. The van der Waals surface area contributed by atoms with Crippen LogP contribution in [0.15, 0.2) is 47.6 Å². The van der Waals surface area contributed by atoms with Crippen LogP contribution < -0.4 is 10.6 Å². The van der Waals surface area contributed by atoms with Gasteiger partial charge in [0.15, 0.2) is 0 Å². The normalized spacial score (nSPS) is 15.7. The molecule has 3 N–H and O–H groups in total. The number of rotatable bonds is 6. The Bertz CT molecular complexity index is 1180. The molecule has 3 aromatic rings. The first-order chi connectivity index (χ1) is 15.1. The summed E-state index contributed by atoms with van der Waals surface area (Å²) in [5.41, 5.74) is 4.80. The number of aliphatic imine (C=N–C) groups is 1. The number of aromatic nitrogens is 3. The van der Waals surface area contributed by atoms with Crippen molar-refractivity contribution >= 4 is 40.3 Å². The van der Waals surface area contributed by atoms with Crippen LogP contribution in [-0.4, -0.2) is 38.3 Å². The maximum absolute atomic E-state index is 12.6. The molecular formula is C22H21ClN6O2. The van der Waals surface area contributed by atoms with Gasteiger partial charge >= 0.3 is 0 Å². The highest BCUT2D eigenvalue weighted by Gasteiger charge is 2.23. The fourth-order valence-electron chi connectivity index (χ4n) is 3.56. The number of benzene rings is 2. The van der Waals surface area contributed by atoms with E-state index in [4.69, 9.17) is 16.6 Å². The lowest BCUT2D eigenvalue weighted by Crippen LogP contribution is -2.15. The van der Waals surface area contributed by atoms with E-state index in [0.717, 1.165) is 23.5 Å². The molecule has 2 aromatic carbocycles. The van der Waals surface area contributed by atoms with Gasteiger partial charge in [0.1, 0.15) is 0 Å². The Morgan fingerprint density at radius 3 is 2.94 bits per heavy atom. The third-order valence-corrected chi connectivity index (χ3v) is 5.74. The molecule has 0 radical (unpaired) electrons. The van der Waals surface area contributed by atoms with Crippen LogP contribution in [0.25, 0.3) is 5.69 Å². The highest BCUT2D eigenvalue weighted by molar-refractivity contribution is 6.34. The second-order valence-corrected chi connectivity index (χ2v) is 8.21. The van der Waals surface area contributed by atoms with Crippen molar-refractivity contribution in [3.63, 3.8) is 0 Å². The fraction of sp³-hybridized carbons (Fsp3) is 0.273. The zero-order valence-electron chi connectivity index (χ0n) is 16.7. The van der Waals surface area contributed by atoms with E-state index >= 15 is 0 Å². The van der Waals surface area contributed by atoms with Crippen molar-refractivity contribution in [2.24, 2.45) is 10.9 Å². The van der Waals surface area contributed by atoms with Crippen molar-refractivity contribution in [3.8, 4) is 5.69 Å². The number of nitrogens with zero attached hydrogens (tertiary/aromatic N) is 4. The molecule has 1 aliphatic carbocycles. The van der Waals surface area contributed by atoms with Gasteiger partial charge in [-0.2, -0.15) is 0 Å². The van der Waals surface area contributed by atoms with Crippen LogP contribution >= 0.6 is 11.6 Å². The lowest BCUT2D eigenvalue weighted by molar-refractivity contribution is -0.115. The molecule has 0 atom stereocenters. The average Bonchev–Trinajstić information content (AvgIpc) is 3.50. The Hall–Kier alpha value is -3.23. The second-order valence-electron chi connectivity index (χ2n) is 7.80. The fourth-order valence-corrected chi connectivity index (χ4v) is 3.79. The molecule has 0 bridgehead atoms. The number of nitrogens with one attached hydrogen (secondary N) is 2. The highest BCUT2D eigenvalue weighted by atomic mass is 35.5. The van der Waals surface area contributed by atoms with Gasteiger partial charge in [-0.05, 0) is 48.6 Å². The van der Waals surface area contributed by atoms with Crippen molar-refractivity contribution in [1.82, 2.24) is 15.0 Å². The summed E-state index contributed by atoms with van der Waals surface area (Å²) < 4.78 is 1.56. The quantitative estimate of drug-likeness (QED) is 0.546. The molecule has 0 spiro atoms. The van der Waals surface area contributed by atoms with Crippen LogP contribution in [0.1, 0.15) is 30.5 Å². The van der Waals surface area contributed by atoms with Crippen LogP contribution in [0.3, 0.4) is 0 Å². The summed E-state index contributed by atoms with van der Waals surface area (Å²) in [5.74, 6) is 0.548. The third-order valence-electron chi connectivity index (χ3n) is 5.43. The van der Waals surface area contributed by atoms with Crippen molar-refractivity contribution in [2.75, 3.05) is 17.2 Å². The van der Waals surface area contributed by atoms with Gasteiger partial charge in [-0.1, -0.05) is 28.9 Å². The average molecular weight is 437 g/mol. The van der Waals surface area contributed by atoms with Gasteiger partial charge in [-0.25, -0.2) is 4.68 Å². The van der Waals surface area contributed by atoms with E-state index in [2.05, 4.69) is 20.9 Å². The molecule has 0 unspecified atom stereocenters. The van der Waals surface area contributed by atoms with Crippen LogP contribution in [0, 0.1) is 5.92 Å². The number of aliphatic hydroxyl groups excluding tert-OH is 1. The summed E-state index contributed by atoms with van der Waals surface area (Å²) in [7, 11) is 0. The van der Waals surface area contributed by atoms with Crippen molar-refractivity contribution in [3.05, 3.63) is 58.9 Å². The maximum Gasteiger partial charge on any atom is 0.230 e. The monoisotopic (exact) mass is 436 g/mol. The van der Waals surface area contributed by atoms with Gasteiger partial charge < -0.3 is 15.7 Å². The topological polar surface area (TPSA) is 104 Å². The number of carbonyl (C=O) groups is 1. The number of anilines is 2. The van der Waals surface area contributed by atoms with Gasteiger partial charge in [-0.3, -0.25) is 9.79 Å². The first kappa shape index (κ1) is 19.7. The Morgan fingerprint density at radius 1 is 1.26 bits per heavy atom. The number of hydrogen-bond donors (Lipinski definition) is 3. The van der Waals surface area contributed by atoms with Crippen molar-refractivity contribution in [1.29, 1.82) is 0 Å². The molecule has 158 valence electrons. The van der Waals surface area contributed by atoms with Gasteiger partial charge in [0, 0.05) is 6.54 Å². The minimum atomic E-state index is -0.175. The van der Waals surface area contributed by atoms with Crippen LogP contribution in [0.5, 0.6) is 0 Å². The van der Waals surface area contributed by atoms with E-state index in [1.807, 2.05) is 30.3 Å². The van der Waals surface area contributed by atoms with E-state index in [0.29, 0.717) is 33.7 Å². The Kier molecular flexibility index (Phi) is 5.17. The molecule has 9 heteroatoms. The Labute approximate surface area is 184 Å². The van der Waals surface area contributed by atoms with Crippen LogP contribution in [0.4, 0.5) is 17.1 Å². The molecule has 1 amide bonds. The molecule has 8 nitrogen and oxygen atoms in total. The van der Waals surface area contributed by atoms with Gasteiger partial charge in [0.2, 0.25) is 5.91 Å². The van der Waals surface area contributed by atoms with Crippen LogP contribution in [0.2, 0.25) is 5.02 Å². The van der Waals surface area contributed by atoms with Gasteiger partial charge in [-0.15, -0.1) is 5.10 Å². The molecule has 31 heavy (non-hydrogen) atoms. The second kappa shape index (κ2) is 8.13. The molecule has 1 saturated carbocycles. The molecule has 1 fully saturated rings. The smallest absolute Gasteiger partial charge is 0.230 e.